The Morgan fingerprint density at radius 2 is 2.25 bits per heavy atom. The fraction of sp³-hybridized carbons (Fsp3) is 0.500. The lowest BCUT2D eigenvalue weighted by Crippen LogP contribution is -2.38. The second-order valence-corrected chi connectivity index (χ2v) is 5.42. The van der Waals surface area contributed by atoms with Crippen LogP contribution in [-0.4, -0.2) is 57.9 Å². The molecule has 3 rings (SSSR count). The third-order valence-electron chi connectivity index (χ3n) is 3.58. The van der Waals surface area contributed by atoms with Crippen molar-refractivity contribution in [1.82, 2.24) is 24.6 Å². The second kappa shape index (κ2) is 5.58. The molecule has 106 valence electrons. The molecule has 6 heteroatoms. The summed E-state index contributed by atoms with van der Waals surface area (Å²) in [6.45, 7) is 2.07. The first-order chi connectivity index (χ1) is 9.74. The summed E-state index contributed by atoms with van der Waals surface area (Å²) in [5.41, 5.74) is 0. The molecule has 0 aromatic carbocycles. The Hall–Kier alpha value is -1.95. The molecule has 0 amide bonds. The van der Waals surface area contributed by atoms with Crippen LogP contribution in [0.4, 0.5) is 5.95 Å². The molecule has 1 atom stereocenters. The van der Waals surface area contributed by atoms with Crippen LogP contribution >= 0.6 is 0 Å². The number of aromatic nitrogens is 4. The molecule has 2 aromatic heterocycles. The fourth-order valence-corrected chi connectivity index (χ4v) is 2.72. The zero-order chi connectivity index (χ0) is 13.9. The van der Waals surface area contributed by atoms with E-state index in [0.29, 0.717) is 6.04 Å². The van der Waals surface area contributed by atoms with Crippen LogP contribution in [0.25, 0.3) is 5.82 Å². The average Bonchev–Trinajstić information content (AvgIpc) is 3.09. The molecule has 2 aromatic rings. The van der Waals surface area contributed by atoms with Gasteiger partial charge in [0.25, 0.3) is 0 Å². The van der Waals surface area contributed by atoms with Crippen LogP contribution in [-0.2, 0) is 0 Å². The number of likely N-dealkylation sites (N-methyl/N-ethyl adjacent to an activating group) is 1. The van der Waals surface area contributed by atoms with Gasteiger partial charge in [-0.3, -0.25) is 0 Å². The number of hydrogen-bond donors (Lipinski definition) is 0. The normalized spacial score (nSPS) is 18.9. The van der Waals surface area contributed by atoms with E-state index in [1.165, 1.54) is 12.8 Å². The average molecular weight is 272 g/mol. The molecule has 20 heavy (non-hydrogen) atoms. The van der Waals surface area contributed by atoms with Gasteiger partial charge in [0.05, 0.1) is 0 Å². The Kier molecular flexibility index (Phi) is 3.64. The van der Waals surface area contributed by atoms with Crippen LogP contribution in [0.2, 0.25) is 0 Å². The van der Waals surface area contributed by atoms with Crippen LogP contribution in [0.15, 0.2) is 30.7 Å². The van der Waals surface area contributed by atoms with Crippen LogP contribution in [0.5, 0.6) is 0 Å². The molecule has 0 radical (unpaired) electrons. The molecule has 1 unspecified atom stereocenters. The minimum atomic E-state index is 0.498. The van der Waals surface area contributed by atoms with Gasteiger partial charge in [-0.05, 0) is 33.0 Å². The molecule has 0 aliphatic carbocycles. The quantitative estimate of drug-likeness (QED) is 0.837. The van der Waals surface area contributed by atoms with E-state index in [1.54, 1.807) is 10.9 Å². The topological polar surface area (TPSA) is 50.1 Å². The zero-order valence-electron chi connectivity index (χ0n) is 12.0. The summed E-state index contributed by atoms with van der Waals surface area (Å²) in [4.78, 5) is 13.6. The SMILES string of the molecule is CN(C)CC1CCCN1c1nccc(-n2cccn2)n1. The van der Waals surface area contributed by atoms with Gasteiger partial charge >= 0.3 is 0 Å². The van der Waals surface area contributed by atoms with E-state index in [0.717, 1.165) is 24.9 Å². The number of nitrogens with zero attached hydrogens (tertiary/aromatic N) is 6. The van der Waals surface area contributed by atoms with Crippen molar-refractivity contribution in [2.45, 2.75) is 18.9 Å². The summed E-state index contributed by atoms with van der Waals surface area (Å²) < 4.78 is 1.77. The van der Waals surface area contributed by atoms with Gasteiger partial charge < -0.3 is 9.80 Å². The second-order valence-electron chi connectivity index (χ2n) is 5.42. The third kappa shape index (κ3) is 2.65. The van der Waals surface area contributed by atoms with Crippen molar-refractivity contribution in [3.8, 4) is 5.82 Å². The summed E-state index contributed by atoms with van der Waals surface area (Å²) in [6.07, 6.45) is 7.87. The first-order valence-corrected chi connectivity index (χ1v) is 6.98. The minimum Gasteiger partial charge on any atom is -0.336 e. The summed E-state index contributed by atoms with van der Waals surface area (Å²) in [5.74, 6) is 1.62. The Labute approximate surface area is 119 Å². The molecular formula is C14H20N6. The number of anilines is 1. The minimum absolute atomic E-state index is 0.498. The molecule has 1 saturated heterocycles. The largest absolute Gasteiger partial charge is 0.336 e. The van der Waals surface area contributed by atoms with Crippen molar-refractivity contribution < 1.29 is 0 Å². The van der Waals surface area contributed by atoms with Crippen molar-refractivity contribution in [2.24, 2.45) is 0 Å². The van der Waals surface area contributed by atoms with E-state index in [9.17, 15) is 0 Å². The molecule has 1 aliphatic heterocycles. The lowest BCUT2D eigenvalue weighted by atomic mass is 10.2. The maximum absolute atomic E-state index is 4.65. The van der Waals surface area contributed by atoms with E-state index < -0.39 is 0 Å². The van der Waals surface area contributed by atoms with E-state index in [-0.39, 0.29) is 0 Å². The van der Waals surface area contributed by atoms with Gasteiger partial charge in [-0.25, -0.2) is 9.67 Å². The molecule has 0 saturated carbocycles. The van der Waals surface area contributed by atoms with Crippen molar-refractivity contribution in [3.05, 3.63) is 30.7 Å². The van der Waals surface area contributed by atoms with Crippen molar-refractivity contribution in [3.63, 3.8) is 0 Å². The third-order valence-corrected chi connectivity index (χ3v) is 3.58. The Morgan fingerprint density at radius 1 is 1.35 bits per heavy atom. The monoisotopic (exact) mass is 272 g/mol. The summed E-state index contributed by atoms with van der Waals surface area (Å²) in [7, 11) is 4.22. The van der Waals surface area contributed by atoms with Crippen molar-refractivity contribution >= 4 is 5.95 Å². The van der Waals surface area contributed by atoms with Crippen LogP contribution < -0.4 is 4.90 Å². The zero-order valence-corrected chi connectivity index (χ0v) is 12.0. The van der Waals surface area contributed by atoms with Gasteiger partial charge in [-0.15, -0.1) is 0 Å². The van der Waals surface area contributed by atoms with Gasteiger partial charge in [-0.2, -0.15) is 10.1 Å². The smallest absolute Gasteiger partial charge is 0.227 e. The highest BCUT2D eigenvalue weighted by Gasteiger charge is 2.27. The Balaban J connectivity index is 1.84. The van der Waals surface area contributed by atoms with E-state index in [1.807, 2.05) is 24.5 Å². The van der Waals surface area contributed by atoms with Gasteiger partial charge in [0.15, 0.2) is 5.82 Å². The molecule has 3 heterocycles. The summed E-state index contributed by atoms with van der Waals surface area (Å²) in [6, 6.07) is 4.28. The summed E-state index contributed by atoms with van der Waals surface area (Å²) in [5, 5.41) is 4.22. The maximum atomic E-state index is 4.65. The highest BCUT2D eigenvalue weighted by atomic mass is 15.3. The van der Waals surface area contributed by atoms with Crippen LogP contribution in [0.1, 0.15) is 12.8 Å². The first kappa shape index (κ1) is 13.1. The van der Waals surface area contributed by atoms with Gasteiger partial charge in [0.2, 0.25) is 5.95 Å². The van der Waals surface area contributed by atoms with Crippen molar-refractivity contribution in [1.29, 1.82) is 0 Å². The predicted molar refractivity (Wildman–Crippen MR) is 78.1 cm³/mol. The molecule has 6 nitrogen and oxygen atoms in total. The molecular weight excluding hydrogens is 252 g/mol. The highest BCUT2D eigenvalue weighted by Crippen LogP contribution is 2.23. The Bertz CT molecular complexity index is 551. The first-order valence-electron chi connectivity index (χ1n) is 6.98. The molecule has 1 aliphatic rings. The van der Waals surface area contributed by atoms with Gasteiger partial charge in [0, 0.05) is 43.8 Å². The predicted octanol–water partition coefficient (Wildman–Crippen LogP) is 1.19. The molecule has 1 fully saturated rings. The van der Waals surface area contributed by atoms with E-state index in [4.69, 9.17) is 0 Å². The lowest BCUT2D eigenvalue weighted by molar-refractivity contribution is 0.371. The van der Waals surface area contributed by atoms with Crippen molar-refractivity contribution in [2.75, 3.05) is 32.1 Å². The van der Waals surface area contributed by atoms with E-state index >= 15 is 0 Å². The highest BCUT2D eigenvalue weighted by molar-refractivity contribution is 5.37. The standard InChI is InChI=1S/C14H20N6/c1-18(2)11-12-5-3-9-19(12)14-15-8-6-13(17-14)20-10-4-7-16-20/h4,6-8,10,12H,3,5,9,11H2,1-2H3. The van der Waals surface area contributed by atoms with Gasteiger partial charge in [0.1, 0.15) is 0 Å². The summed E-state index contributed by atoms with van der Waals surface area (Å²) >= 11 is 0. The number of rotatable bonds is 4. The Morgan fingerprint density at radius 3 is 3.00 bits per heavy atom. The molecule has 0 N–H and O–H groups in total. The lowest BCUT2D eigenvalue weighted by Gasteiger charge is -2.27. The van der Waals surface area contributed by atoms with E-state index in [2.05, 4.69) is 39.0 Å². The van der Waals surface area contributed by atoms with Crippen LogP contribution in [0, 0.1) is 0 Å². The fourth-order valence-electron chi connectivity index (χ4n) is 2.72. The maximum Gasteiger partial charge on any atom is 0.227 e. The molecule has 0 bridgehead atoms. The number of hydrogen-bond acceptors (Lipinski definition) is 5. The van der Waals surface area contributed by atoms with Gasteiger partial charge in [-0.1, -0.05) is 0 Å². The molecule has 0 spiro atoms. The van der Waals surface area contributed by atoms with Crippen LogP contribution in [0.3, 0.4) is 0 Å².